The van der Waals surface area contributed by atoms with Crippen molar-refractivity contribution < 1.29 is 9.59 Å². The van der Waals surface area contributed by atoms with E-state index in [0.29, 0.717) is 49.2 Å². The highest BCUT2D eigenvalue weighted by atomic mass is 32.1. The second-order valence-corrected chi connectivity index (χ2v) is 10.1. The van der Waals surface area contributed by atoms with Crippen molar-refractivity contribution in [2.24, 2.45) is 0 Å². The van der Waals surface area contributed by atoms with Gasteiger partial charge in [0.15, 0.2) is 16.7 Å². The maximum absolute atomic E-state index is 13.9. The lowest BCUT2D eigenvalue weighted by molar-refractivity contribution is 0.101. The fraction of sp³-hybridized carbons (Fsp3) is 0.0312. The molecule has 0 saturated heterocycles. The lowest BCUT2D eigenvalue weighted by Crippen LogP contribution is -2.22. The summed E-state index contributed by atoms with van der Waals surface area (Å²) < 4.78 is 1.54. The molecule has 0 aliphatic rings. The van der Waals surface area contributed by atoms with Crippen LogP contribution >= 0.6 is 11.3 Å². The van der Waals surface area contributed by atoms with Crippen molar-refractivity contribution in [1.82, 2.24) is 14.5 Å². The maximum Gasteiger partial charge on any atom is 0.266 e. The van der Waals surface area contributed by atoms with Crippen LogP contribution in [-0.2, 0) is 0 Å². The first-order chi connectivity index (χ1) is 19.5. The minimum absolute atomic E-state index is 0.0663. The van der Waals surface area contributed by atoms with Crippen LogP contribution in [0, 0.1) is 0 Å². The number of fused-ring (bicyclic) bond motifs is 1. The van der Waals surface area contributed by atoms with Crippen molar-refractivity contribution in [3.63, 3.8) is 0 Å². The van der Waals surface area contributed by atoms with E-state index in [0.717, 1.165) is 5.56 Å². The second-order valence-electron chi connectivity index (χ2n) is 9.08. The van der Waals surface area contributed by atoms with Crippen LogP contribution in [0.25, 0.3) is 38.5 Å². The number of hydrogen-bond acceptors (Lipinski definition) is 6. The molecule has 0 unspecified atom stereocenters. The zero-order valence-electron chi connectivity index (χ0n) is 21.4. The molecule has 1 N–H and O–H groups in total. The summed E-state index contributed by atoms with van der Waals surface area (Å²) in [7, 11) is 0. The number of aromatic nitrogens is 3. The summed E-state index contributed by atoms with van der Waals surface area (Å²) in [6.07, 6.45) is 0. The first kappa shape index (κ1) is 25.1. The summed E-state index contributed by atoms with van der Waals surface area (Å²) in [5, 5.41) is 3.75. The van der Waals surface area contributed by atoms with Gasteiger partial charge in [-0.25, -0.2) is 9.97 Å². The third-order valence-electron chi connectivity index (χ3n) is 6.44. The fourth-order valence-electron chi connectivity index (χ4n) is 4.45. The van der Waals surface area contributed by atoms with Crippen molar-refractivity contribution in [2.75, 3.05) is 5.32 Å². The van der Waals surface area contributed by atoms with E-state index < -0.39 is 0 Å². The number of ketones is 1. The number of rotatable bonds is 6. The van der Waals surface area contributed by atoms with Gasteiger partial charge in [0, 0.05) is 16.7 Å². The fourth-order valence-corrected chi connectivity index (χ4v) is 5.41. The minimum Gasteiger partial charge on any atom is -0.298 e. The molecule has 4 aromatic carbocycles. The van der Waals surface area contributed by atoms with Gasteiger partial charge in [-0.2, -0.15) is 0 Å². The maximum atomic E-state index is 13.9. The Morgan fingerprint density at radius 1 is 0.750 bits per heavy atom. The van der Waals surface area contributed by atoms with Crippen LogP contribution in [0.3, 0.4) is 0 Å². The van der Waals surface area contributed by atoms with Crippen molar-refractivity contribution in [3.05, 3.63) is 131 Å². The summed E-state index contributed by atoms with van der Waals surface area (Å²) >= 11 is 1.25. The predicted octanol–water partition coefficient (Wildman–Crippen LogP) is 6.63. The number of nitrogens with one attached hydrogen (secondary N) is 1. The van der Waals surface area contributed by atoms with Gasteiger partial charge in [0.05, 0.1) is 22.3 Å². The molecule has 0 saturated carbocycles. The Kier molecular flexibility index (Phi) is 6.59. The van der Waals surface area contributed by atoms with E-state index in [1.165, 1.54) is 22.8 Å². The zero-order chi connectivity index (χ0) is 27.6. The lowest BCUT2D eigenvalue weighted by atomic mass is 10.1. The van der Waals surface area contributed by atoms with Gasteiger partial charge < -0.3 is 0 Å². The van der Waals surface area contributed by atoms with Crippen LogP contribution in [-0.4, -0.2) is 26.2 Å². The number of Topliss-reactive ketones (excluding diaryl/α,β-unsaturated/α-hetero) is 1. The van der Waals surface area contributed by atoms with Crippen molar-refractivity contribution in [1.29, 1.82) is 0 Å². The number of nitrogens with zero attached hydrogens (tertiary/aromatic N) is 3. The minimum atomic E-state index is -0.288. The van der Waals surface area contributed by atoms with Gasteiger partial charge in [-0.15, -0.1) is 0 Å². The van der Waals surface area contributed by atoms with Crippen LogP contribution < -0.4 is 10.9 Å². The van der Waals surface area contributed by atoms with Gasteiger partial charge in [-0.1, -0.05) is 72.0 Å². The van der Waals surface area contributed by atoms with Gasteiger partial charge in [-0.05, 0) is 55.5 Å². The van der Waals surface area contributed by atoms with Gasteiger partial charge in [-0.3, -0.25) is 24.3 Å². The molecular formula is C32H22N4O3S. The Hall–Kier alpha value is -5.21. The molecule has 0 bridgehead atoms. The van der Waals surface area contributed by atoms with Crippen LogP contribution in [0.15, 0.2) is 114 Å². The number of carbonyl (C=O) groups is 2. The van der Waals surface area contributed by atoms with E-state index in [9.17, 15) is 14.4 Å². The second kappa shape index (κ2) is 10.5. The van der Waals surface area contributed by atoms with E-state index in [1.54, 1.807) is 66.7 Å². The van der Waals surface area contributed by atoms with Crippen LogP contribution in [0.1, 0.15) is 27.6 Å². The summed E-state index contributed by atoms with van der Waals surface area (Å²) in [6.45, 7) is 1.50. The summed E-state index contributed by atoms with van der Waals surface area (Å²) in [5.74, 6) is 0.0309. The van der Waals surface area contributed by atoms with Crippen LogP contribution in [0.2, 0.25) is 0 Å². The van der Waals surface area contributed by atoms with Gasteiger partial charge in [0.1, 0.15) is 4.88 Å². The normalized spacial score (nSPS) is 10.9. The van der Waals surface area contributed by atoms with E-state index in [4.69, 9.17) is 9.97 Å². The third-order valence-corrected chi connectivity index (χ3v) is 7.41. The molecule has 194 valence electrons. The largest absolute Gasteiger partial charge is 0.298 e. The molecule has 40 heavy (non-hydrogen) atoms. The molecule has 2 heterocycles. The zero-order valence-corrected chi connectivity index (χ0v) is 22.2. The van der Waals surface area contributed by atoms with Crippen LogP contribution in [0.4, 0.5) is 5.13 Å². The van der Waals surface area contributed by atoms with E-state index in [1.807, 2.05) is 42.5 Å². The average molecular weight is 543 g/mol. The molecule has 0 radical (unpaired) electrons. The van der Waals surface area contributed by atoms with Crippen molar-refractivity contribution in [2.45, 2.75) is 6.92 Å². The van der Waals surface area contributed by atoms with E-state index in [-0.39, 0.29) is 17.2 Å². The Balaban J connectivity index is 1.58. The van der Waals surface area contributed by atoms with Gasteiger partial charge in [0.2, 0.25) is 0 Å². The smallest absolute Gasteiger partial charge is 0.266 e. The molecule has 6 aromatic rings. The number of amides is 1. The molecule has 1 amide bonds. The SMILES string of the molecule is CC(=O)c1ccc(-n2c(-c3sc(NC(=O)c4ccccc4)nc3-c3ccccc3)nc3ccccc3c2=O)cc1. The number of thiazole rings is 1. The third kappa shape index (κ3) is 4.72. The summed E-state index contributed by atoms with van der Waals surface area (Å²) in [4.78, 5) is 49.1. The molecule has 6 rings (SSSR count). The molecule has 2 aromatic heterocycles. The Bertz CT molecular complexity index is 1930. The molecular weight excluding hydrogens is 520 g/mol. The topological polar surface area (TPSA) is 93.9 Å². The predicted molar refractivity (Wildman–Crippen MR) is 158 cm³/mol. The molecule has 0 fully saturated rings. The highest BCUT2D eigenvalue weighted by molar-refractivity contribution is 7.19. The summed E-state index contributed by atoms with van der Waals surface area (Å²) in [5.41, 5.74) is 3.30. The molecule has 0 aliphatic heterocycles. The van der Waals surface area contributed by atoms with E-state index in [2.05, 4.69) is 5.32 Å². The van der Waals surface area contributed by atoms with Crippen molar-refractivity contribution in [3.8, 4) is 27.6 Å². The lowest BCUT2D eigenvalue weighted by Gasteiger charge is -2.14. The Morgan fingerprint density at radius 2 is 1.40 bits per heavy atom. The standard InChI is InChI=1S/C32H22N4O3S/c1-20(37)21-16-18-24(19-17-21)36-29(33-26-15-9-8-14-25(26)31(36)39)28-27(22-10-4-2-5-11-22)34-32(40-28)35-30(38)23-12-6-3-7-13-23/h2-19H,1H3,(H,34,35,38). The highest BCUT2D eigenvalue weighted by Gasteiger charge is 2.23. The number of anilines is 1. The highest BCUT2D eigenvalue weighted by Crippen LogP contribution is 2.39. The van der Waals surface area contributed by atoms with Gasteiger partial charge >= 0.3 is 0 Å². The van der Waals surface area contributed by atoms with Gasteiger partial charge in [0.25, 0.3) is 11.5 Å². The van der Waals surface area contributed by atoms with Crippen LogP contribution in [0.5, 0.6) is 0 Å². The first-order valence-corrected chi connectivity index (χ1v) is 13.4. The van der Waals surface area contributed by atoms with Crippen molar-refractivity contribution >= 4 is 39.1 Å². The first-order valence-electron chi connectivity index (χ1n) is 12.6. The average Bonchev–Trinajstić information content (AvgIpc) is 3.41. The molecule has 8 heteroatoms. The molecule has 0 aliphatic carbocycles. The number of benzene rings is 4. The molecule has 7 nitrogen and oxygen atoms in total. The number of hydrogen-bond donors (Lipinski definition) is 1. The molecule has 0 spiro atoms. The number of carbonyl (C=O) groups excluding carboxylic acids is 2. The Labute approximate surface area is 233 Å². The quantitative estimate of drug-likeness (QED) is 0.238. The Morgan fingerprint density at radius 3 is 2.10 bits per heavy atom. The summed E-state index contributed by atoms with van der Waals surface area (Å²) in [6, 6.07) is 32.5. The van der Waals surface area contributed by atoms with E-state index >= 15 is 0 Å². The number of para-hydroxylation sites is 1. The monoisotopic (exact) mass is 542 g/mol. The molecule has 0 atom stereocenters.